The standard InChI is InChI=1S/C23H22F6N6O2S/c1-12-20(22(38-34-12)33-19-8-30-17(7-31-19)23(27,28)29)21(36)32-14-2-3-15(24)16(6-14)37-11-13-4-5-35(9-13)10-18(25)26/h2-3,6-8,13,18H,4-5,9-11H2,1H3,(H,31,33)(H,32,36)/t13-/m1/s1. The molecule has 1 atom stereocenters. The summed E-state index contributed by atoms with van der Waals surface area (Å²) < 4.78 is 87.3. The third kappa shape index (κ3) is 6.89. The zero-order valence-electron chi connectivity index (χ0n) is 19.9. The summed E-state index contributed by atoms with van der Waals surface area (Å²) in [5.74, 6) is -1.41. The Balaban J connectivity index is 1.40. The second-order valence-electron chi connectivity index (χ2n) is 8.60. The van der Waals surface area contributed by atoms with Crippen LogP contribution in [-0.4, -0.2) is 57.8 Å². The summed E-state index contributed by atoms with van der Waals surface area (Å²) >= 11 is 0.904. The van der Waals surface area contributed by atoms with Gasteiger partial charge in [0.1, 0.15) is 10.8 Å². The summed E-state index contributed by atoms with van der Waals surface area (Å²) in [4.78, 5) is 21.6. The lowest BCUT2D eigenvalue weighted by atomic mass is 10.1. The molecule has 0 spiro atoms. The molecule has 8 nitrogen and oxygen atoms in total. The fourth-order valence-corrected chi connectivity index (χ4v) is 4.68. The summed E-state index contributed by atoms with van der Waals surface area (Å²) in [6.45, 7) is 2.33. The Morgan fingerprint density at radius 2 is 2.05 bits per heavy atom. The normalized spacial score (nSPS) is 16.2. The number of carbonyl (C=O) groups excluding carboxylic acids is 1. The van der Waals surface area contributed by atoms with Gasteiger partial charge in [0.15, 0.2) is 17.3 Å². The Morgan fingerprint density at radius 3 is 2.74 bits per heavy atom. The number of aryl methyl sites for hydroxylation is 1. The molecule has 0 bridgehead atoms. The minimum absolute atomic E-state index is 0.0211. The van der Waals surface area contributed by atoms with E-state index in [9.17, 15) is 31.1 Å². The molecule has 15 heteroatoms. The fraction of sp³-hybridized carbons (Fsp3) is 0.391. The Labute approximate surface area is 217 Å². The molecule has 2 aromatic heterocycles. The summed E-state index contributed by atoms with van der Waals surface area (Å²) in [5.41, 5.74) is -0.464. The van der Waals surface area contributed by atoms with Crippen LogP contribution in [0.2, 0.25) is 0 Å². The molecule has 204 valence electrons. The number of amides is 1. The van der Waals surface area contributed by atoms with Crippen molar-refractivity contribution in [2.45, 2.75) is 25.9 Å². The lowest BCUT2D eigenvalue weighted by molar-refractivity contribution is -0.141. The molecule has 4 rings (SSSR count). The SMILES string of the molecule is Cc1nsc(Nc2cnc(C(F)(F)F)cn2)c1C(=O)Nc1ccc(F)c(OC[C@@H]2CCN(CC(F)F)C2)c1. The molecule has 0 aliphatic carbocycles. The first-order chi connectivity index (χ1) is 18.0. The van der Waals surface area contributed by atoms with E-state index < -0.39 is 30.0 Å². The number of hydrogen-bond acceptors (Lipinski definition) is 8. The van der Waals surface area contributed by atoms with Crippen molar-refractivity contribution >= 4 is 33.9 Å². The smallest absolute Gasteiger partial charge is 0.434 e. The maximum absolute atomic E-state index is 14.3. The zero-order valence-corrected chi connectivity index (χ0v) is 20.7. The van der Waals surface area contributed by atoms with Gasteiger partial charge < -0.3 is 15.4 Å². The number of anilines is 3. The highest BCUT2D eigenvalue weighted by atomic mass is 32.1. The number of likely N-dealkylation sites (tertiary alicyclic amines) is 1. The van der Waals surface area contributed by atoms with E-state index in [-0.39, 0.29) is 46.9 Å². The van der Waals surface area contributed by atoms with Crippen molar-refractivity contribution in [3.05, 3.63) is 53.4 Å². The van der Waals surface area contributed by atoms with Crippen molar-refractivity contribution in [2.24, 2.45) is 5.92 Å². The van der Waals surface area contributed by atoms with Gasteiger partial charge in [-0.15, -0.1) is 0 Å². The monoisotopic (exact) mass is 560 g/mol. The molecule has 3 heterocycles. The highest BCUT2D eigenvalue weighted by Crippen LogP contribution is 2.31. The van der Waals surface area contributed by atoms with Gasteiger partial charge in [0.25, 0.3) is 12.3 Å². The molecule has 1 aromatic carbocycles. The van der Waals surface area contributed by atoms with Crippen LogP contribution in [0.4, 0.5) is 42.8 Å². The predicted molar refractivity (Wildman–Crippen MR) is 128 cm³/mol. The van der Waals surface area contributed by atoms with Gasteiger partial charge in [-0.25, -0.2) is 23.1 Å². The molecule has 0 saturated carbocycles. The summed E-state index contributed by atoms with van der Waals surface area (Å²) in [5, 5.41) is 5.60. The van der Waals surface area contributed by atoms with E-state index in [1.807, 2.05) is 0 Å². The maximum atomic E-state index is 14.3. The summed E-state index contributed by atoms with van der Waals surface area (Å²) in [6, 6.07) is 3.77. The molecule has 1 aliphatic rings. The molecule has 1 fully saturated rings. The van der Waals surface area contributed by atoms with Gasteiger partial charge in [0.2, 0.25) is 0 Å². The van der Waals surface area contributed by atoms with Crippen LogP contribution in [0.5, 0.6) is 5.75 Å². The van der Waals surface area contributed by atoms with Crippen LogP contribution in [0.15, 0.2) is 30.6 Å². The zero-order chi connectivity index (χ0) is 27.4. The van der Waals surface area contributed by atoms with E-state index in [1.54, 1.807) is 11.8 Å². The maximum Gasteiger partial charge on any atom is 0.434 e. The molecule has 2 N–H and O–H groups in total. The van der Waals surface area contributed by atoms with Crippen LogP contribution >= 0.6 is 11.5 Å². The Kier molecular flexibility index (Phi) is 8.35. The molecular formula is C23H22F6N6O2S. The molecule has 0 unspecified atom stereocenters. The second-order valence-corrected chi connectivity index (χ2v) is 9.37. The predicted octanol–water partition coefficient (Wildman–Crippen LogP) is 5.36. The van der Waals surface area contributed by atoms with Crippen LogP contribution in [0.3, 0.4) is 0 Å². The molecule has 0 radical (unpaired) electrons. The number of carbonyl (C=O) groups is 1. The van der Waals surface area contributed by atoms with Crippen molar-refractivity contribution in [1.82, 2.24) is 19.2 Å². The number of aromatic nitrogens is 3. The Hall–Kier alpha value is -3.46. The Morgan fingerprint density at radius 1 is 1.26 bits per heavy atom. The topological polar surface area (TPSA) is 92.3 Å². The number of rotatable bonds is 9. The van der Waals surface area contributed by atoms with Gasteiger partial charge >= 0.3 is 6.18 Å². The first-order valence-electron chi connectivity index (χ1n) is 11.4. The number of halogens is 6. The minimum atomic E-state index is -4.64. The summed E-state index contributed by atoms with van der Waals surface area (Å²) in [7, 11) is 0. The van der Waals surface area contributed by atoms with Gasteiger partial charge in [-0.2, -0.15) is 17.5 Å². The van der Waals surface area contributed by atoms with E-state index in [0.29, 0.717) is 31.4 Å². The molecule has 1 aliphatic heterocycles. The van der Waals surface area contributed by atoms with E-state index >= 15 is 0 Å². The third-order valence-corrected chi connectivity index (χ3v) is 6.56. The molecule has 1 amide bonds. The van der Waals surface area contributed by atoms with Crippen LogP contribution in [0.25, 0.3) is 0 Å². The lowest BCUT2D eigenvalue weighted by Crippen LogP contribution is -2.27. The van der Waals surface area contributed by atoms with E-state index in [1.165, 1.54) is 12.1 Å². The van der Waals surface area contributed by atoms with Crippen molar-refractivity contribution in [3.8, 4) is 5.75 Å². The Bertz CT molecular complexity index is 1270. The first-order valence-corrected chi connectivity index (χ1v) is 12.1. The highest BCUT2D eigenvalue weighted by Gasteiger charge is 2.33. The van der Waals surface area contributed by atoms with Gasteiger partial charge in [-0.05, 0) is 43.6 Å². The molecule has 1 saturated heterocycles. The average Bonchev–Trinajstić information content (AvgIpc) is 3.44. The van der Waals surface area contributed by atoms with E-state index in [2.05, 4.69) is 25.0 Å². The van der Waals surface area contributed by atoms with Crippen LogP contribution in [0, 0.1) is 18.7 Å². The van der Waals surface area contributed by atoms with Gasteiger partial charge in [-0.3, -0.25) is 9.69 Å². The lowest BCUT2D eigenvalue weighted by Gasteiger charge is -2.16. The van der Waals surface area contributed by atoms with Crippen molar-refractivity contribution in [3.63, 3.8) is 0 Å². The number of alkyl halides is 5. The van der Waals surface area contributed by atoms with E-state index in [0.717, 1.165) is 23.8 Å². The molecule has 3 aromatic rings. The van der Waals surface area contributed by atoms with Crippen LogP contribution in [0.1, 0.15) is 28.2 Å². The van der Waals surface area contributed by atoms with Gasteiger partial charge in [0.05, 0.1) is 36.8 Å². The number of nitrogens with one attached hydrogen (secondary N) is 2. The minimum Gasteiger partial charge on any atom is -0.490 e. The number of hydrogen-bond donors (Lipinski definition) is 2. The quantitative estimate of drug-likeness (QED) is 0.341. The summed E-state index contributed by atoms with van der Waals surface area (Å²) in [6.07, 6.45) is -4.96. The fourth-order valence-electron chi connectivity index (χ4n) is 3.88. The number of benzene rings is 1. The van der Waals surface area contributed by atoms with Crippen molar-refractivity contribution in [1.29, 1.82) is 0 Å². The van der Waals surface area contributed by atoms with Crippen molar-refractivity contribution < 1.29 is 35.9 Å². The molecule has 38 heavy (non-hydrogen) atoms. The van der Waals surface area contributed by atoms with Gasteiger partial charge in [-0.1, -0.05) is 0 Å². The highest BCUT2D eigenvalue weighted by molar-refractivity contribution is 7.10. The second kappa shape index (κ2) is 11.5. The average molecular weight is 561 g/mol. The largest absolute Gasteiger partial charge is 0.490 e. The van der Waals surface area contributed by atoms with Crippen molar-refractivity contribution in [2.75, 3.05) is 36.9 Å². The van der Waals surface area contributed by atoms with Gasteiger partial charge in [0, 0.05) is 24.2 Å². The third-order valence-electron chi connectivity index (χ3n) is 5.70. The number of ether oxygens (including phenoxy) is 1. The van der Waals surface area contributed by atoms with E-state index in [4.69, 9.17) is 4.74 Å². The number of nitrogens with zero attached hydrogens (tertiary/aromatic N) is 4. The van der Waals surface area contributed by atoms with Crippen LogP contribution < -0.4 is 15.4 Å². The molecular weight excluding hydrogens is 538 g/mol. The van der Waals surface area contributed by atoms with Crippen LogP contribution in [-0.2, 0) is 6.18 Å². The first kappa shape index (κ1) is 27.6.